The molecule has 0 spiro atoms. The molecule has 0 saturated heterocycles. The van der Waals surface area contributed by atoms with Gasteiger partial charge in [-0.2, -0.15) is 0 Å². The summed E-state index contributed by atoms with van der Waals surface area (Å²) < 4.78 is 0.757. The van der Waals surface area contributed by atoms with E-state index < -0.39 is 0 Å². The van der Waals surface area contributed by atoms with Crippen LogP contribution >= 0.6 is 27.7 Å². The third kappa shape index (κ3) is 2.97. The van der Waals surface area contributed by atoms with Gasteiger partial charge in [0.25, 0.3) is 0 Å². The van der Waals surface area contributed by atoms with Crippen LogP contribution in [-0.2, 0) is 0 Å². The first-order valence-electron chi connectivity index (χ1n) is 4.19. The fourth-order valence-corrected chi connectivity index (χ4v) is 2.16. The molecule has 0 fully saturated rings. The first-order valence-corrected chi connectivity index (χ1v) is 5.80. The van der Waals surface area contributed by atoms with Crippen molar-refractivity contribution >= 4 is 27.7 Å². The molecule has 0 unspecified atom stereocenters. The minimum Gasteiger partial charge on any atom is -0.231 e. The average molecular weight is 283 g/mol. The summed E-state index contributed by atoms with van der Waals surface area (Å²) in [6.45, 7) is 1.93. The molecule has 15 heavy (non-hydrogen) atoms. The third-order valence-corrected chi connectivity index (χ3v) is 2.82. The summed E-state index contributed by atoms with van der Waals surface area (Å²) in [5.41, 5.74) is 0.945. The second-order valence-electron chi connectivity index (χ2n) is 2.76. The van der Waals surface area contributed by atoms with E-state index in [-0.39, 0.29) is 0 Å². The van der Waals surface area contributed by atoms with Crippen molar-refractivity contribution in [3.8, 4) is 0 Å². The Labute approximate surface area is 99.7 Å². The summed E-state index contributed by atoms with van der Waals surface area (Å²) in [5, 5.41) is 1.52. The molecule has 76 valence electrons. The molecule has 2 rings (SSSR count). The Morgan fingerprint density at radius 2 is 2.13 bits per heavy atom. The summed E-state index contributed by atoms with van der Waals surface area (Å²) >= 11 is 4.70. The molecule has 0 atom stereocenters. The lowest BCUT2D eigenvalue weighted by atomic mass is 10.5. The molecular formula is C9H7BrN4S. The lowest BCUT2D eigenvalue weighted by molar-refractivity contribution is 0.924. The van der Waals surface area contributed by atoms with E-state index in [1.54, 1.807) is 6.20 Å². The highest BCUT2D eigenvalue weighted by atomic mass is 79.9. The van der Waals surface area contributed by atoms with Crippen molar-refractivity contribution in [3.05, 3.63) is 35.0 Å². The van der Waals surface area contributed by atoms with Gasteiger partial charge in [0.15, 0.2) is 5.16 Å². The fraction of sp³-hybridized carbons (Fsp3) is 0.111. The van der Waals surface area contributed by atoms with Gasteiger partial charge in [-0.05, 0) is 40.7 Å². The smallest absolute Gasteiger partial charge is 0.194 e. The van der Waals surface area contributed by atoms with Gasteiger partial charge in [0.1, 0.15) is 16.0 Å². The SMILES string of the molecule is Cc1ccnc(Sc2cc(Br)ncn2)n1. The largest absolute Gasteiger partial charge is 0.231 e. The average Bonchev–Trinajstić information content (AvgIpc) is 2.17. The van der Waals surface area contributed by atoms with E-state index >= 15 is 0 Å². The van der Waals surface area contributed by atoms with Crippen molar-refractivity contribution in [3.63, 3.8) is 0 Å². The Balaban J connectivity index is 2.22. The molecule has 0 saturated carbocycles. The molecule has 4 nitrogen and oxygen atoms in total. The van der Waals surface area contributed by atoms with E-state index in [9.17, 15) is 0 Å². The molecule has 2 aromatic rings. The molecule has 2 heterocycles. The van der Waals surface area contributed by atoms with Gasteiger partial charge >= 0.3 is 0 Å². The van der Waals surface area contributed by atoms with Crippen LogP contribution < -0.4 is 0 Å². The number of rotatable bonds is 2. The number of aryl methyl sites for hydroxylation is 1. The zero-order valence-corrected chi connectivity index (χ0v) is 10.3. The molecule has 2 aromatic heterocycles. The van der Waals surface area contributed by atoms with E-state index in [4.69, 9.17) is 0 Å². The van der Waals surface area contributed by atoms with Crippen molar-refractivity contribution in [2.24, 2.45) is 0 Å². The van der Waals surface area contributed by atoms with Gasteiger partial charge in [0.2, 0.25) is 0 Å². The second kappa shape index (κ2) is 4.67. The van der Waals surface area contributed by atoms with E-state index in [1.165, 1.54) is 18.1 Å². The normalized spacial score (nSPS) is 10.3. The van der Waals surface area contributed by atoms with E-state index in [0.29, 0.717) is 5.16 Å². The van der Waals surface area contributed by atoms with Crippen molar-refractivity contribution < 1.29 is 0 Å². The minimum atomic E-state index is 0.695. The molecule has 0 aliphatic carbocycles. The standard InChI is InChI=1S/C9H7BrN4S/c1-6-2-3-11-9(14-6)15-8-4-7(10)12-5-13-8/h2-5H,1H3. The maximum Gasteiger partial charge on any atom is 0.194 e. The number of aromatic nitrogens is 4. The number of hydrogen-bond acceptors (Lipinski definition) is 5. The number of halogens is 1. The van der Waals surface area contributed by atoms with Crippen LogP contribution in [0.2, 0.25) is 0 Å². The zero-order valence-electron chi connectivity index (χ0n) is 7.88. The van der Waals surface area contributed by atoms with Crippen LogP contribution in [0.5, 0.6) is 0 Å². The van der Waals surface area contributed by atoms with Crippen LogP contribution in [-0.4, -0.2) is 19.9 Å². The number of hydrogen-bond donors (Lipinski definition) is 0. The first kappa shape index (κ1) is 10.5. The van der Waals surface area contributed by atoms with Crippen LogP contribution in [0.3, 0.4) is 0 Å². The summed E-state index contributed by atoms with van der Waals surface area (Å²) in [5.74, 6) is 0. The highest BCUT2D eigenvalue weighted by Gasteiger charge is 2.02. The topological polar surface area (TPSA) is 51.6 Å². The monoisotopic (exact) mass is 282 g/mol. The van der Waals surface area contributed by atoms with Gasteiger partial charge in [0, 0.05) is 18.0 Å². The van der Waals surface area contributed by atoms with Gasteiger partial charge in [-0.25, -0.2) is 19.9 Å². The molecule has 0 N–H and O–H groups in total. The van der Waals surface area contributed by atoms with Crippen LogP contribution in [0.4, 0.5) is 0 Å². The first-order chi connectivity index (χ1) is 7.24. The predicted octanol–water partition coefficient (Wildman–Crippen LogP) is 2.49. The lowest BCUT2D eigenvalue weighted by Crippen LogP contribution is -1.89. The van der Waals surface area contributed by atoms with Crippen LogP contribution in [0.25, 0.3) is 0 Å². The van der Waals surface area contributed by atoms with Crippen molar-refractivity contribution in [2.45, 2.75) is 17.1 Å². The Kier molecular flexibility index (Phi) is 3.27. The fourth-order valence-electron chi connectivity index (χ4n) is 0.942. The summed E-state index contributed by atoms with van der Waals surface area (Å²) in [6.07, 6.45) is 3.24. The van der Waals surface area contributed by atoms with E-state index in [1.807, 2.05) is 19.1 Å². The predicted molar refractivity (Wildman–Crippen MR) is 60.6 cm³/mol. The van der Waals surface area contributed by atoms with E-state index in [2.05, 4.69) is 35.9 Å². The van der Waals surface area contributed by atoms with Crippen LogP contribution in [0.15, 0.2) is 39.4 Å². The highest BCUT2D eigenvalue weighted by Crippen LogP contribution is 2.23. The van der Waals surface area contributed by atoms with Gasteiger partial charge in [-0.3, -0.25) is 0 Å². The molecule has 0 aliphatic rings. The maximum atomic E-state index is 4.27. The summed E-state index contributed by atoms with van der Waals surface area (Å²) in [7, 11) is 0. The molecule has 6 heteroatoms. The molecule has 0 aliphatic heterocycles. The second-order valence-corrected chi connectivity index (χ2v) is 4.56. The third-order valence-electron chi connectivity index (χ3n) is 1.58. The molecular weight excluding hydrogens is 276 g/mol. The minimum absolute atomic E-state index is 0.695. The Morgan fingerprint density at radius 1 is 1.27 bits per heavy atom. The lowest BCUT2D eigenvalue weighted by Gasteiger charge is -1.99. The summed E-state index contributed by atoms with van der Waals surface area (Å²) in [6, 6.07) is 3.69. The van der Waals surface area contributed by atoms with Crippen molar-refractivity contribution in [1.82, 2.24) is 19.9 Å². The quantitative estimate of drug-likeness (QED) is 0.626. The van der Waals surface area contributed by atoms with Gasteiger partial charge in [0.05, 0.1) is 0 Å². The van der Waals surface area contributed by atoms with Gasteiger partial charge in [-0.15, -0.1) is 0 Å². The van der Waals surface area contributed by atoms with Gasteiger partial charge in [-0.1, -0.05) is 0 Å². The van der Waals surface area contributed by atoms with Crippen LogP contribution in [0.1, 0.15) is 5.69 Å². The Morgan fingerprint density at radius 3 is 2.87 bits per heavy atom. The highest BCUT2D eigenvalue weighted by molar-refractivity contribution is 9.10. The number of nitrogens with zero attached hydrogens (tertiary/aromatic N) is 4. The molecule has 0 radical (unpaired) electrons. The maximum absolute atomic E-state index is 4.27. The van der Waals surface area contributed by atoms with Crippen molar-refractivity contribution in [2.75, 3.05) is 0 Å². The zero-order chi connectivity index (χ0) is 10.7. The molecule has 0 amide bonds. The van der Waals surface area contributed by atoms with Crippen molar-refractivity contribution in [1.29, 1.82) is 0 Å². The van der Waals surface area contributed by atoms with Gasteiger partial charge < -0.3 is 0 Å². The van der Waals surface area contributed by atoms with Crippen LogP contribution in [0, 0.1) is 6.92 Å². The molecule has 0 bridgehead atoms. The van der Waals surface area contributed by atoms with E-state index in [0.717, 1.165) is 15.3 Å². The summed E-state index contributed by atoms with van der Waals surface area (Å²) in [4.78, 5) is 16.5. The Bertz CT molecular complexity index is 434. The molecule has 0 aromatic carbocycles. The Hall–Kier alpha value is -1.01.